The fourth-order valence-corrected chi connectivity index (χ4v) is 4.46. The van der Waals surface area contributed by atoms with Crippen LogP contribution >= 0.6 is 27.5 Å². The molecule has 0 spiro atoms. The van der Waals surface area contributed by atoms with Crippen LogP contribution in [0.3, 0.4) is 0 Å². The molecule has 37 heavy (non-hydrogen) atoms. The molecule has 0 aliphatic carbocycles. The highest BCUT2D eigenvalue weighted by molar-refractivity contribution is 9.10. The number of benzene rings is 3. The fraction of sp³-hybridized carbons (Fsp3) is 0.148. The maximum atomic E-state index is 14.0. The van der Waals surface area contributed by atoms with E-state index in [2.05, 4.69) is 21.2 Å². The number of imide groups is 2. The third-order valence-corrected chi connectivity index (χ3v) is 6.55. The SMILES string of the molecule is CCOc1cc(/C=C2\C(=O)NC(=O)N(c3cccc(Cl)c3C)C2=O)cc(Br)c1OCc1ccccc1F. The second-order valence-corrected chi connectivity index (χ2v) is 9.25. The normalized spacial score (nSPS) is 14.7. The summed E-state index contributed by atoms with van der Waals surface area (Å²) in [6, 6.07) is 13.4. The molecule has 190 valence electrons. The molecule has 0 aromatic heterocycles. The van der Waals surface area contributed by atoms with Crippen molar-refractivity contribution in [3.8, 4) is 11.5 Å². The zero-order valence-corrected chi connectivity index (χ0v) is 22.2. The van der Waals surface area contributed by atoms with Crippen LogP contribution in [0.1, 0.15) is 23.6 Å². The van der Waals surface area contributed by atoms with Crippen molar-refractivity contribution in [1.29, 1.82) is 0 Å². The predicted molar refractivity (Wildman–Crippen MR) is 141 cm³/mol. The summed E-state index contributed by atoms with van der Waals surface area (Å²) in [7, 11) is 0. The van der Waals surface area contributed by atoms with E-state index >= 15 is 0 Å². The Hall–Kier alpha value is -3.69. The summed E-state index contributed by atoms with van der Waals surface area (Å²) in [4.78, 5) is 39.4. The Balaban J connectivity index is 1.69. The van der Waals surface area contributed by atoms with Gasteiger partial charge in [-0.2, -0.15) is 0 Å². The van der Waals surface area contributed by atoms with Crippen molar-refractivity contribution in [3.63, 3.8) is 0 Å². The average molecular weight is 588 g/mol. The van der Waals surface area contributed by atoms with Gasteiger partial charge >= 0.3 is 6.03 Å². The monoisotopic (exact) mass is 586 g/mol. The maximum Gasteiger partial charge on any atom is 0.335 e. The summed E-state index contributed by atoms with van der Waals surface area (Å²) in [5, 5.41) is 2.57. The lowest BCUT2D eigenvalue weighted by Gasteiger charge is -2.27. The van der Waals surface area contributed by atoms with Crippen LogP contribution in [-0.4, -0.2) is 24.5 Å². The summed E-state index contributed by atoms with van der Waals surface area (Å²) in [6.07, 6.45) is 1.35. The first-order valence-corrected chi connectivity index (χ1v) is 12.4. The molecule has 0 bridgehead atoms. The highest BCUT2D eigenvalue weighted by Gasteiger charge is 2.37. The molecule has 1 heterocycles. The number of anilines is 1. The lowest BCUT2D eigenvalue weighted by atomic mass is 10.1. The van der Waals surface area contributed by atoms with Gasteiger partial charge in [0, 0.05) is 10.6 Å². The number of halogens is 3. The van der Waals surface area contributed by atoms with E-state index in [1.165, 1.54) is 12.1 Å². The highest BCUT2D eigenvalue weighted by Crippen LogP contribution is 2.38. The van der Waals surface area contributed by atoms with Crippen molar-refractivity contribution in [2.45, 2.75) is 20.5 Å². The van der Waals surface area contributed by atoms with Gasteiger partial charge < -0.3 is 9.47 Å². The molecule has 3 aromatic rings. The molecule has 0 unspecified atom stereocenters. The molecule has 4 rings (SSSR count). The molecule has 3 aromatic carbocycles. The Morgan fingerprint density at radius 2 is 1.84 bits per heavy atom. The van der Waals surface area contributed by atoms with Crippen LogP contribution in [0.25, 0.3) is 6.08 Å². The minimum absolute atomic E-state index is 0.0390. The molecule has 4 amide bonds. The smallest absolute Gasteiger partial charge is 0.335 e. The Labute approximate surface area is 225 Å². The van der Waals surface area contributed by atoms with E-state index in [1.807, 2.05) is 0 Å². The van der Waals surface area contributed by atoms with Gasteiger partial charge in [0.1, 0.15) is 18.0 Å². The number of amides is 4. The fourth-order valence-electron chi connectivity index (χ4n) is 3.72. The first kappa shape index (κ1) is 26.4. The molecule has 1 N–H and O–H groups in total. The maximum absolute atomic E-state index is 14.0. The lowest BCUT2D eigenvalue weighted by Crippen LogP contribution is -2.54. The standard InChI is InChI=1S/C27H21BrClFN2O5/c1-3-36-23-13-16(12-19(28)24(23)37-14-17-7-4-5-9-21(17)30)11-18-25(33)31-27(35)32(26(18)34)22-10-6-8-20(29)15(22)2/h4-13H,3,14H2,1-2H3,(H,31,33,35)/b18-11+. The Morgan fingerprint density at radius 3 is 2.57 bits per heavy atom. The number of rotatable bonds is 7. The quantitative estimate of drug-likeness (QED) is 0.263. The van der Waals surface area contributed by atoms with Crippen molar-refractivity contribution >= 4 is 57.1 Å². The summed E-state index contributed by atoms with van der Waals surface area (Å²) in [5.41, 5.74) is 1.33. The van der Waals surface area contributed by atoms with E-state index in [4.69, 9.17) is 21.1 Å². The van der Waals surface area contributed by atoms with Crippen molar-refractivity contribution < 1.29 is 28.2 Å². The summed E-state index contributed by atoms with van der Waals surface area (Å²) >= 11 is 9.61. The minimum atomic E-state index is -0.870. The molecule has 0 saturated carbocycles. The van der Waals surface area contributed by atoms with E-state index in [0.717, 1.165) is 4.90 Å². The third kappa shape index (κ3) is 5.52. The molecule has 1 aliphatic heterocycles. The van der Waals surface area contributed by atoms with E-state index in [1.54, 1.807) is 62.4 Å². The molecule has 1 saturated heterocycles. The number of hydrogen-bond donors (Lipinski definition) is 1. The van der Waals surface area contributed by atoms with Gasteiger partial charge in [-0.05, 0) is 77.3 Å². The molecule has 7 nitrogen and oxygen atoms in total. The predicted octanol–water partition coefficient (Wildman–Crippen LogP) is 6.19. The Kier molecular flexibility index (Phi) is 7.94. The molecule has 10 heteroatoms. The van der Waals surface area contributed by atoms with Crippen molar-refractivity contribution in [2.75, 3.05) is 11.5 Å². The third-order valence-electron chi connectivity index (χ3n) is 5.55. The second-order valence-electron chi connectivity index (χ2n) is 7.98. The van der Waals surface area contributed by atoms with Gasteiger partial charge in [0.2, 0.25) is 0 Å². The van der Waals surface area contributed by atoms with Crippen LogP contribution in [0, 0.1) is 12.7 Å². The van der Waals surface area contributed by atoms with Gasteiger partial charge in [-0.3, -0.25) is 14.9 Å². The zero-order chi connectivity index (χ0) is 26.7. The highest BCUT2D eigenvalue weighted by atomic mass is 79.9. The number of urea groups is 1. The molecular formula is C27H21BrClFN2O5. The second kappa shape index (κ2) is 11.1. The van der Waals surface area contributed by atoms with Crippen molar-refractivity contribution in [3.05, 3.63) is 92.2 Å². The topological polar surface area (TPSA) is 84.9 Å². The number of carbonyl (C=O) groups is 3. The van der Waals surface area contributed by atoms with Crippen LogP contribution in [0.2, 0.25) is 5.02 Å². The lowest BCUT2D eigenvalue weighted by molar-refractivity contribution is -0.122. The van der Waals surface area contributed by atoms with Crippen LogP contribution in [0.5, 0.6) is 11.5 Å². The summed E-state index contributed by atoms with van der Waals surface area (Å²) in [5.74, 6) is -1.37. The van der Waals surface area contributed by atoms with E-state index < -0.39 is 23.7 Å². The van der Waals surface area contributed by atoms with Gasteiger partial charge in [0.05, 0.1) is 16.8 Å². The van der Waals surface area contributed by atoms with Gasteiger partial charge in [0.15, 0.2) is 11.5 Å². The minimum Gasteiger partial charge on any atom is -0.490 e. The Bertz CT molecular complexity index is 1440. The van der Waals surface area contributed by atoms with E-state index in [-0.39, 0.29) is 17.9 Å². The number of nitrogens with one attached hydrogen (secondary N) is 1. The van der Waals surface area contributed by atoms with Gasteiger partial charge in [-0.1, -0.05) is 35.9 Å². The number of ether oxygens (including phenoxy) is 2. The van der Waals surface area contributed by atoms with Crippen LogP contribution in [0.4, 0.5) is 14.9 Å². The largest absolute Gasteiger partial charge is 0.490 e. The van der Waals surface area contributed by atoms with Gasteiger partial charge in [-0.25, -0.2) is 14.1 Å². The van der Waals surface area contributed by atoms with E-state index in [0.29, 0.717) is 44.3 Å². The Morgan fingerprint density at radius 1 is 1.08 bits per heavy atom. The van der Waals surface area contributed by atoms with E-state index in [9.17, 15) is 18.8 Å². The van der Waals surface area contributed by atoms with Gasteiger partial charge in [-0.15, -0.1) is 0 Å². The summed E-state index contributed by atoms with van der Waals surface area (Å²) in [6.45, 7) is 3.72. The van der Waals surface area contributed by atoms with Gasteiger partial charge in [0.25, 0.3) is 11.8 Å². The van der Waals surface area contributed by atoms with Crippen LogP contribution in [0.15, 0.2) is 64.6 Å². The van der Waals surface area contributed by atoms with Crippen LogP contribution < -0.4 is 19.7 Å². The number of hydrogen-bond acceptors (Lipinski definition) is 5. The zero-order valence-electron chi connectivity index (χ0n) is 19.8. The molecule has 1 fully saturated rings. The molecular weight excluding hydrogens is 567 g/mol. The number of nitrogens with zero attached hydrogens (tertiary/aromatic N) is 1. The molecule has 0 radical (unpaired) electrons. The summed E-state index contributed by atoms with van der Waals surface area (Å²) < 4.78 is 26.1. The average Bonchev–Trinajstić information content (AvgIpc) is 2.85. The van der Waals surface area contributed by atoms with Crippen LogP contribution in [-0.2, 0) is 16.2 Å². The van der Waals surface area contributed by atoms with Crippen molar-refractivity contribution in [1.82, 2.24) is 5.32 Å². The number of barbiturate groups is 1. The van der Waals surface area contributed by atoms with Crippen molar-refractivity contribution in [2.24, 2.45) is 0 Å². The number of carbonyl (C=O) groups excluding carboxylic acids is 3. The first-order chi connectivity index (χ1) is 17.7. The molecule has 0 atom stereocenters. The molecule has 1 aliphatic rings. The first-order valence-electron chi connectivity index (χ1n) is 11.2.